The Morgan fingerprint density at radius 1 is 0.429 bits per heavy atom. The number of hydrogen-bond donors (Lipinski definition) is 0. The number of aromatic nitrogens is 4. The quantitative estimate of drug-likeness (QED) is 0.182. The van der Waals surface area contributed by atoms with Gasteiger partial charge in [-0.1, -0.05) is 97.1 Å². The maximum absolute atomic E-state index is 6.53. The lowest BCUT2D eigenvalue weighted by Gasteiger charge is -2.15. The van der Waals surface area contributed by atoms with Gasteiger partial charge in [0.2, 0.25) is 5.71 Å². The fraction of sp³-hybridized carbons (Fsp3) is 0. The average Bonchev–Trinajstić information content (AvgIpc) is 3.98. The van der Waals surface area contributed by atoms with E-state index in [1.807, 2.05) is 29.5 Å². The van der Waals surface area contributed by atoms with E-state index < -0.39 is 0 Å². The van der Waals surface area contributed by atoms with Crippen LogP contribution in [0.1, 0.15) is 0 Å². The maximum Gasteiger partial charge on any atom is 0.248 e. The van der Waals surface area contributed by atoms with Crippen molar-refractivity contribution in [3.63, 3.8) is 0 Å². The molecule has 8 aromatic carbocycles. The molecule has 0 saturated heterocycles. The van der Waals surface area contributed by atoms with Gasteiger partial charge in [-0.15, -0.1) is 11.3 Å². The maximum atomic E-state index is 6.53. The molecule has 14 rings (SSSR count). The first-order valence-electron chi connectivity index (χ1n) is 18.9. The molecule has 0 aliphatic heterocycles. The monoisotopic (exact) mass is 730 g/mol. The number of rotatable bonds is 3. The Balaban J connectivity index is 1.20. The number of hydrogen-bond acceptors (Lipinski definition) is 4. The number of para-hydroxylation sites is 3. The fourth-order valence-electron chi connectivity index (χ4n) is 9.87. The van der Waals surface area contributed by atoms with E-state index in [1.165, 1.54) is 52.8 Å². The van der Waals surface area contributed by atoms with E-state index in [0.29, 0.717) is 5.71 Å². The molecule has 5 nitrogen and oxygen atoms in total. The van der Waals surface area contributed by atoms with Crippen molar-refractivity contribution in [3.05, 3.63) is 158 Å². The van der Waals surface area contributed by atoms with Crippen molar-refractivity contribution in [1.29, 1.82) is 0 Å². The molecule has 258 valence electrons. The molecule has 0 saturated carbocycles. The molecule has 0 spiro atoms. The molecule has 6 heteroatoms. The molecule has 5 aromatic heterocycles. The van der Waals surface area contributed by atoms with Gasteiger partial charge in [0.1, 0.15) is 16.8 Å². The summed E-state index contributed by atoms with van der Waals surface area (Å²) < 4.78 is 13.9. The van der Waals surface area contributed by atoms with Gasteiger partial charge in [0.05, 0.1) is 22.1 Å². The summed E-state index contributed by atoms with van der Waals surface area (Å²) in [6, 6.07) is 56.7. The van der Waals surface area contributed by atoms with Gasteiger partial charge in [0.15, 0.2) is 5.82 Å². The molecule has 13 aromatic rings. The standard InChI is InChI=1S/C50H26N4OS/c1-2-12-28(13-3-1)53-34-19-6-4-14-31(34)42-33(18-9-20-35(42)53)47-49(52-50-48(51-47)32-15-5-7-21-38(32)55-50)54-36-24-23-27-11-8-16-29-30-17-10-22-39-43(30)46-40(56-39)26-25-37(54)45(46)44(36)41(27)29/h1-26H. The van der Waals surface area contributed by atoms with Gasteiger partial charge < -0.3 is 8.98 Å². The number of nitrogens with zero attached hydrogens (tertiary/aromatic N) is 4. The van der Waals surface area contributed by atoms with Crippen molar-refractivity contribution in [3.8, 4) is 33.9 Å². The van der Waals surface area contributed by atoms with Crippen molar-refractivity contribution < 1.29 is 4.42 Å². The minimum atomic E-state index is 0.525. The van der Waals surface area contributed by atoms with E-state index in [2.05, 4.69) is 149 Å². The van der Waals surface area contributed by atoms with Gasteiger partial charge in [-0.3, -0.25) is 4.57 Å². The smallest absolute Gasteiger partial charge is 0.248 e. The highest BCUT2D eigenvalue weighted by Gasteiger charge is 2.29. The predicted molar refractivity (Wildman–Crippen MR) is 233 cm³/mol. The van der Waals surface area contributed by atoms with Crippen LogP contribution >= 0.6 is 11.3 Å². The van der Waals surface area contributed by atoms with E-state index in [1.54, 1.807) is 0 Å². The lowest BCUT2D eigenvalue weighted by Crippen LogP contribution is -2.03. The first kappa shape index (κ1) is 29.1. The van der Waals surface area contributed by atoms with Crippen LogP contribution in [0.15, 0.2) is 162 Å². The van der Waals surface area contributed by atoms with E-state index >= 15 is 0 Å². The summed E-state index contributed by atoms with van der Waals surface area (Å²) in [4.78, 5) is 11.2. The third kappa shape index (κ3) is 3.51. The summed E-state index contributed by atoms with van der Waals surface area (Å²) in [6.07, 6.45) is 0. The molecule has 0 N–H and O–H groups in total. The van der Waals surface area contributed by atoms with Crippen molar-refractivity contribution in [2.75, 3.05) is 0 Å². The molecule has 0 unspecified atom stereocenters. The second-order valence-electron chi connectivity index (χ2n) is 14.8. The molecule has 0 fully saturated rings. The molecule has 0 bridgehead atoms. The Bertz CT molecular complexity index is 3880. The summed E-state index contributed by atoms with van der Waals surface area (Å²) in [6.45, 7) is 0. The summed E-state index contributed by atoms with van der Waals surface area (Å²) in [5.74, 6) is 0.747. The number of thiophene rings is 1. The van der Waals surface area contributed by atoms with Crippen molar-refractivity contribution in [1.82, 2.24) is 19.1 Å². The van der Waals surface area contributed by atoms with E-state index in [-0.39, 0.29) is 0 Å². The van der Waals surface area contributed by atoms with Crippen LogP contribution in [0.3, 0.4) is 0 Å². The lowest BCUT2D eigenvalue weighted by molar-refractivity contribution is 0.652. The highest BCUT2D eigenvalue weighted by Crippen LogP contribution is 2.53. The zero-order valence-corrected chi connectivity index (χ0v) is 30.4. The van der Waals surface area contributed by atoms with E-state index in [0.717, 1.165) is 72.1 Å². The van der Waals surface area contributed by atoms with Gasteiger partial charge >= 0.3 is 0 Å². The fourth-order valence-corrected chi connectivity index (χ4v) is 11.0. The molecule has 0 atom stereocenters. The van der Waals surface area contributed by atoms with Gasteiger partial charge in [-0.25, -0.2) is 4.98 Å². The SMILES string of the molecule is c1ccc(-n2c3ccccc3c3c(-c4nc5c(nc4-n4c6ccc7cccc8c7c6c6c7c(ccc64)sc4cccc-8c47)oc4ccccc45)cccc32)cc1. The summed E-state index contributed by atoms with van der Waals surface area (Å²) >= 11 is 1.88. The molecule has 0 radical (unpaired) electrons. The average molecular weight is 731 g/mol. The zero-order chi connectivity index (χ0) is 36.2. The molecular formula is C50H26N4OS. The molecule has 1 aliphatic rings. The first-order chi connectivity index (χ1) is 27.8. The predicted octanol–water partition coefficient (Wildman–Crippen LogP) is 13.7. The molecule has 56 heavy (non-hydrogen) atoms. The summed E-state index contributed by atoms with van der Waals surface area (Å²) in [5.41, 5.74) is 12.0. The third-order valence-corrected chi connectivity index (χ3v) is 13.2. The van der Waals surface area contributed by atoms with Crippen LogP contribution in [0.5, 0.6) is 0 Å². The highest BCUT2D eigenvalue weighted by atomic mass is 32.1. The van der Waals surface area contributed by atoms with Gasteiger partial charge in [0.25, 0.3) is 0 Å². The largest absolute Gasteiger partial charge is 0.436 e. The van der Waals surface area contributed by atoms with Gasteiger partial charge in [0, 0.05) is 58.4 Å². The van der Waals surface area contributed by atoms with Crippen molar-refractivity contribution in [2.24, 2.45) is 0 Å². The molecule has 5 heterocycles. The van der Waals surface area contributed by atoms with Crippen LogP contribution in [-0.4, -0.2) is 19.1 Å². The molecule has 1 aliphatic carbocycles. The molecular weight excluding hydrogens is 705 g/mol. The highest BCUT2D eigenvalue weighted by molar-refractivity contribution is 7.26. The van der Waals surface area contributed by atoms with Crippen LogP contribution in [0, 0.1) is 0 Å². The Kier molecular flexibility index (Phi) is 5.34. The van der Waals surface area contributed by atoms with Crippen LogP contribution in [0.2, 0.25) is 0 Å². The lowest BCUT2D eigenvalue weighted by atomic mass is 9.95. The first-order valence-corrected chi connectivity index (χ1v) is 19.7. The normalized spacial score (nSPS) is 12.6. The van der Waals surface area contributed by atoms with Crippen LogP contribution < -0.4 is 0 Å². The van der Waals surface area contributed by atoms with Crippen molar-refractivity contribution in [2.45, 2.75) is 0 Å². The van der Waals surface area contributed by atoms with Gasteiger partial charge in [-0.05, 0) is 82.6 Å². The minimum Gasteiger partial charge on any atom is -0.436 e. The minimum absolute atomic E-state index is 0.525. The summed E-state index contributed by atoms with van der Waals surface area (Å²) in [7, 11) is 0. The zero-order valence-electron chi connectivity index (χ0n) is 29.6. The van der Waals surface area contributed by atoms with Gasteiger partial charge in [-0.2, -0.15) is 4.98 Å². The Labute approximate surface area is 321 Å². The Morgan fingerprint density at radius 3 is 2.02 bits per heavy atom. The van der Waals surface area contributed by atoms with E-state index in [9.17, 15) is 0 Å². The van der Waals surface area contributed by atoms with Crippen LogP contribution in [0.4, 0.5) is 0 Å². The van der Waals surface area contributed by atoms with Crippen molar-refractivity contribution >= 4 is 108 Å². The second kappa shape index (κ2) is 10.3. The number of fused-ring (bicyclic) bond motifs is 7. The Morgan fingerprint density at radius 2 is 1.11 bits per heavy atom. The van der Waals surface area contributed by atoms with Crippen LogP contribution in [0.25, 0.3) is 131 Å². The third-order valence-electron chi connectivity index (χ3n) is 12.1. The number of benzene rings is 8. The van der Waals surface area contributed by atoms with E-state index in [4.69, 9.17) is 14.4 Å². The second-order valence-corrected chi connectivity index (χ2v) is 15.9. The topological polar surface area (TPSA) is 48.8 Å². The molecule has 0 amide bonds. The summed E-state index contributed by atoms with van der Waals surface area (Å²) in [5, 5.41) is 10.9. The number of furan rings is 1. The van der Waals surface area contributed by atoms with Crippen LogP contribution in [-0.2, 0) is 0 Å². The Hall–Kier alpha value is -7.28.